The van der Waals surface area contributed by atoms with Gasteiger partial charge < -0.3 is 5.11 Å². The Hall–Kier alpha value is -0.840. The van der Waals surface area contributed by atoms with Gasteiger partial charge in [-0.25, -0.2) is 4.39 Å². The summed E-state index contributed by atoms with van der Waals surface area (Å²) < 4.78 is 13.6. The van der Waals surface area contributed by atoms with Crippen LogP contribution in [0.4, 0.5) is 4.39 Å². The van der Waals surface area contributed by atoms with E-state index in [9.17, 15) is 9.18 Å². The van der Waals surface area contributed by atoms with Gasteiger partial charge >= 0.3 is 5.97 Å². The molecule has 0 radical (unpaired) electrons. The van der Waals surface area contributed by atoms with Gasteiger partial charge in [0.1, 0.15) is 5.82 Å². The van der Waals surface area contributed by atoms with E-state index in [0.29, 0.717) is 23.7 Å². The summed E-state index contributed by atoms with van der Waals surface area (Å²) in [4.78, 5) is 13.2. The zero-order valence-corrected chi connectivity index (χ0v) is 12.7. The Kier molecular flexibility index (Phi) is 4.57. The molecule has 3 atom stereocenters. The fourth-order valence-corrected chi connectivity index (χ4v) is 3.24. The summed E-state index contributed by atoms with van der Waals surface area (Å²) in [5.41, 5.74) is 0.631. The van der Waals surface area contributed by atoms with E-state index in [1.165, 1.54) is 12.1 Å². The Balaban J connectivity index is 2.23. The van der Waals surface area contributed by atoms with E-state index < -0.39 is 17.7 Å². The van der Waals surface area contributed by atoms with Gasteiger partial charge in [-0.2, -0.15) is 0 Å². The molecule has 0 aliphatic carbocycles. The molecule has 6 heteroatoms. The third-order valence-corrected chi connectivity index (χ3v) is 4.61. The lowest BCUT2D eigenvalue weighted by Gasteiger charge is -2.25. The molecular formula is C14H16Cl2FNO2. The van der Waals surface area contributed by atoms with E-state index in [0.717, 1.165) is 0 Å². The van der Waals surface area contributed by atoms with Gasteiger partial charge in [0.15, 0.2) is 0 Å². The summed E-state index contributed by atoms with van der Waals surface area (Å²) in [6.45, 7) is 4.90. The number of carboxylic acid groups (broad SMARTS) is 1. The van der Waals surface area contributed by atoms with Gasteiger partial charge in [-0.05, 0) is 30.5 Å². The minimum Gasteiger partial charge on any atom is -0.481 e. The molecule has 0 amide bonds. The molecule has 1 aliphatic rings. The Morgan fingerprint density at radius 1 is 1.40 bits per heavy atom. The van der Waals surface area contributed by atoms with E-state index in [1.54, 1.807) is 0 Å². The van der Waals surface area contributed by atoms with E-state index in [1.807, 2.05) is 18.7 Å². The third kappa shape index (κ3) is 2.92. The fourth-order valence-electron chi connectivity index (χ4n) is 2.70. The lowest BCUT2D eigenvalue weighted by atomic mass is 9.99. The molecule has 1 aromatic rings. The lowest BCUT2D eigenvalue weighted by Crippen LogP contribution is -2.26. The Morgan fingerprint density at radius 2 is 2.05 bits per heavy atom. The van der Waals surface area contributed by atoms with Crippen LogP contribution in [0.2, 0.25) is 10.0 Å². The third-order valence-electron chi connectivity index (χ3n) is 4.00. The molecule has 1 aromatic carbocycles. The summed E-state index contributed by atoms with van der Waals surface area (Å²) in [7, 11) is 0. The molecule has 1 heterocycles. The first kappa shape index (κ1) is 15.5. The van der Waals surface area contributed by atoms with Crippen molar-refractivity contribution in [3.8, 4) is 0 Å². The van der Waals surface area contributed by atoms with Crippen LogP contribution in [0.15, 0.2) is 12.1 Å². The molecule has 1 saturated heterocycles. The van der Waals surface area contributed by atoms with Crippen molar-refractivity contribution in [1.82, 2.24) is 4.90 Å². The number of hydrogen-bond acceptors (Lipinski definition) is 2. The second-order valence-electron chi connectivity index (χ2n) is 5.34. The van der Waals surface area contributed by atoms with Crippen LogP contribution in [0.1, 0.15) is 25.5 Å². The van der Waals surface area contributed by atoms with Gasteiger partial charge in [0.25, 0.3) is 0 Å². The zero-order valence-electron chi connectivity index (χ0n) is 11.2. The molecule has 0 aromatic heterocycles. The Morgan fingerprint density at radius 3 is 2.60 bits per heavy atom. The molecule has 1 N–H and O–H groups in total. The van der Waals surface area contributed by atoms with Crippen LogP contribution in [0.5, 0.6) is 0 Å². The van der Waals surface area contributed by atoms with Gasteiger partial charge in [-0.15, -0.1) is 0 Å². The summed E-state index contributed by atoms with van der Waals surface area (Å²) >= 11 is 11.8. The smallest absolute Gasteiger partial charge is 0.308 e. The molecule has 2 rings (SSSR count). The van der Waals surface area contributed by atoms with Crippen molar-refractivity contribution < 1.29 is 14.3 Å². The first-order valence-corrected chi connectivity index (χ1v) is 7.18. The molecule has 1 fully saturated rings. The molecule has 0 spiro atoms. The average molecular weight is 320 g/mol. The highest BCUT2D eigenvalue weighted by atomic mass is 35.5. The number of likely N-dealkylation sites (tertiary alicyclic amines) is 1. The van der Waals surface area contributed by atoms with E-state index >= 15 is 0 Å². The first-order valence-electron chi connectivity index (χ1n) is 6.42. The van der Waals surface area contributed by atoms with Crippen LogP contribution in [0, 0.1) is 17.7 Å². The SMILES string of the molecule is CC(c1cc(F)c(Cl)cc1Cl)N1C[C@@H](C)[C@H](C(=O)O)C1. The minimum atomic E-state index is -0.791. The highest BCUT2D eigenvalue weighted by Crippen LogP contribution is 2.35. The molecule has 1 aliphatic heterocycles. The van der Waals surface area contributed by atoms with Crippen molar-refractivity contribution in [1.29, 1.82) is 0 Å². The molecule has 1 unspecified atom stereocenters. The second-order valence-corrected chi connectivity index (χ2v) is 6.15. The van der Waals surface area contributed by atoms with Gasteiger partial charge in [0.05, 0.1) is 10.9 Å². The highest BCUT2D eigenvalue weighted by Gasteiger charge is 2.37. The summed E-state index contributed by atoms with van der Waals surface area (Å²) in [5.74, 6) is -1.64. The normalized spacial score (nSPS) is 24.9. The van der Waals surface area contributed by atoms with Gasteiger partial charge in [-0.1, -0.05) is 30.1 Å². The van der Waals surface area contributed by atoms with Crippen molar-refractivity contribution in [2.75, 3.05) is 13.1 Å². The predicted molar refractivity (Wildman–Crippen MR) is 76.7 cm³/mol. The van der Waals surface area contributed by atoms with Crippen LogP contribution in [-0.2, 0) is 4.79 Å². The van der Waals surface area contributed by atoms with Crippen molar-refractivity contribution in [2.24, 2.45) is 11.8 Å². The number of aliphatic carboxylic acids is 1. The summed E-state index contributed by atoms with van der Waals surface area (Å²) in [5, 5.41) is 9.55. The topological polar surface area (TPSA) is 40.5 Å². The van der Waals surface area contributed by atoms with Gasteiger partial charge in [0.2, 0.25) is 0 Å². The number of carbonyl (C=O) groups is 1. The number of nitrogens with zero attached hydrogens (tertiary/aromatic N) is 1. The summed E-state index contributed by atoms with van der Waals surface area (Å²) in [6.07, 6.45) is 0. The van der Waals surface area contributed by atoms with Gasteiger partial charge in [-0.3, -0.25) is 9.69 Å². The van der Waals surface area contributed by atoms with Crippen LogP contribution >= 0.6 is 23.2 Å². The molecular weight excluding hydrogens is 304 g/mol. The lowest BCUT2D eigenvalue weighted by molar-refractivity contribution is -0.142. The van der Waals surface area contributed by atoms with Crippen molar-refractivity contribution in [3.63, 3.8) is 0 Å². The maximum atomic E-state index is 13.6. The average Bonchev–Trinajstić information content (AvgIpc) is 2.75. The van der Waals surface area contributed by atoms with Crippen LogP contribution in [0.25, 0.3) is 0 Å². The second kappa shape index (κ2) is 5.88. The van der Waals surface area contributed by atoms with E-state index in [4.69, 9.17) is 28.3 Å². The number of hydrogen-bond donors (Lipinski definition) is 1. The standard InChI is InChI=1S/C14H16Cl2FNO2/c1-7-5-18(6-10(7)14(19)20)8(2)9-3-13(17)12(16)4-11(9)15/h3-4,7-8,10H,5-6H2,1-2H3,(H,19,20)/t7-,8?,10-/m1/s1. The van der Waals surface area contributed by atoms with Crippen molar-refractivity contribution in [2.45, 2.75) is 19.9 Å². The van der Waals surface area contributed by atoms with Crippen LogP contribution < -0.4 is 0 Å². The van der Waals surface area contributed by atoms with E-state index in [-0.39, 0.29) is 17.0 Å². The molecule has 0 saturated carbocycles. The van der Waals surface area contributed by atoms with Crippen LogP contribution in [0.3, 0.4) is 0 Å². The number of rotatable bonds is 3. The zero-order chi connectivity index (χ0) is 15.0. The number of halogens is 3. The fraction of sp³-hybridized carbons (Fsp3) is 0.500. The highest BCUT2D eigenvalue weighted by molar-refractivity contribution is 6.35. The van der Waals surface area contributed by atoms with Crippen molar-refractivity contribution >= 4 is 29.2 Å². The first-order chi connectivity index (χ1) is 9.31. The number of carboxylic acids is 1. The number of benzene rings is 1. The summed E-state index contributed by atoms with van der Waals surface area (Å²) in [6, 6.07) is 2.56. The maximum absolute atomic E-state index is 13.6. The minimum absolute atomic E-state index is 0.0100. The van der Waals surface area contributed by atoms with Crippen LogP contribution in [-0.4, -0.2) is 29.1 Å². The van der Waals surface area contributed by atoms with Crippen molar-refractivity contribution in [3.05, 3.63) is 33.6 Å². The molecule has 110 valence electrons. The maximum Gasteiger partial charge on any atom is 0.308 e. The largest absolute Gasteiger partial charge is 0.481 e. The molecule has 0 bridgehead atoms. The monoisotopic (exact) mass is 319 g/mol. The Labute approximate surface area is 127 Å². The van der Waals surface area contributed by atoms with Gasteiger partial charge in [0, 0.05) is 24.2 Å². The quantitative estimate of drug-likeness (QED) is 0.860. The molecule has 20 heavy (non-hydrogen) atoms. The Bertz CT molecular complexity index is 538. The predicted octanol–water partition coefficient (Wildman–Crippen LogP) is 3.85. The van der Waals surface area contributed by atoms with E-state index in [2.05, 4.69) is 0 Å². The molecule has 3 nitrogen and oxygen atoms in total.